The van der Waals surface area contributed by atoms with Crippen LogP contribution < -0.4 is 10.7 Å². The Kier molecular flexibility index (Phi) is 9.96. The zero-order chi connectivity index (χ0) is 29.3. The number of carbonyl (C=O) groups excluding carboxylic acids is 2. The molecule has 0 aliphatic rings. The second-order valence-corrected chi connectivity index (χ2v) is 10.7. The Morgan fingerprint density at radius 2 is 1.14 bits per heavy atom. The van der Waals surface area contributed by atoms with Gasteiger partial charge in [-0.05, 0) is 83.3 Å². The van der Waals surface area contributed by atoms with Crippen LogP contribution in [0.1, 0.15) is 65.2 Å². The minimum absolute atomic E-state index is 0.128. The van der Waals surface area contributed by atoms with E-state index in [9.17, 15) is 9.59 Å². The largest absolute Gasteiger partial charge is 0.466 e. The van der Waals surface area contributed by atoms with Gasteiger partial charge in [-0.25, -0.2) is 0 Å². The van der Waals surface area contributed by atoms with E-state index in [2.05, 4.69) is 60.7 Å². The third-order valence-corrected chi connectivity index (χ3v) is 7.82. The SMILES string of the molecule is CCOC(=O)CCCCCN=c1cc2cccc3c4cccc5cccc(c(c1=NCCCCCC(=O)OCC)c23)c54. The number of fused-ring (bicyclic) bond motifs is 2. The van der Waals surface area contributed by atoms with E-state index in [4.69, 9.17) is 19.5 Å². The van der Waals surface area contributed by atoms with Crippen molar-refractivity contribution in [2.75, 3.05) is 26.3 Å². The molecular weight excluding hydrogens is 524 g/mol. The molecule has 0 atom stereocenters. The maximum atomic E-state index is 11.7. The van der Waals surface area contributed by atoms with Gasteiger partial charge in [0.25, 0.3) is 0 Å². The van der Waals surface area contributed by atoms with Crippen LogP contribution in [0.4, 0.5) is 0 Å². The Balaban J connectivity index is 1.52. The summed E-state index contributed by atoms with van der Waals surface area (Å²) in [6.07, 6.45) is 6.16. The zero-order valence-corrected chi connectivity index (χ0v) is 24.8. The van der Waals surface area contributed by atoms with Gasteiger partial charge in [-0.3, -0.25) is 19.6 Å². The highest BCUT2D eigenvalue weighted by atomic mass is 16.5. The Morgan fingerprint density at radius 3 is 1.76 bits per heavy atom. The number of carbonyl (C=O) groups is 2. The maximum absolute atomic E-state index is 11.7. The highest BCUT2D eigenvalue weighted by molar-refractivity contribution is 6.32. The fourth-order valence-corrected chi connectivity index (χ4v) is 5.95. The molecule has 0 aliphatic heterocycles. The summed E-state index contributed by atoms with van der Waals surface area (Å²) >= 11 is 0. The van der Waals surface area contributed by atoms with Gasteiger partial charge in [0, 0.05) is 31.3 Å². The zero-order valence-electron chi connectivity index (χ0n) is 24.8. The molecular formula is C36H40N2O4. The highest BCUT2D eigenvalue weighted by Crippen LogP contribution is 2.38. The van der Waals surface area contributed by atoms with E-state index in [1.165, 1.54) is 43.1 Å². The molecule has 218 valence electrons. The summed E-state index contributed by atoms with van der Waals surface area (Å²) in [4.78, 5) is 33.7. The Morgan fingerprint density at radius 1 is 0.595 bits per heavy atom. The molecule has 0 spiro atoms. The van der Waals surface area contributed by atoms with Crippen LogP contribution in [-0.2, 0) is 19.1 Å². The van der Waals surface area contributed by atoms with E-state index in [0.29, 0.717) is 39.1 Å². The van der Waals surface area contributed by atoms with Gasteiger partial charge in [-0.1, -0.05) is 67.4 Å². The lowest BCUT2D eigenvalue weighted by Crippen LogP contribution is -2.27. The van der Waals surface area contributed by atoms with Crippen molar-refractivity contribution in [1.82, 2.24) is 0 Å². The predicted molar refractivity (Wildman–Crippen MR) is 170 cm³/mol. The molecule has 0 bridgehead atoms. The van der Waals surface area contributed by atoms with Crippen LogP contribution >= 0.6 is 0 Å². The lowest BCUT2D eigenvalue weighted by molar-refractivity contribution is -0.144. The molecule has 5 rings (SSSR count). The molecule has 0 amide bonds. The second-order valence-electron chi connectivity index (χ2n) is 10.7. The third-order valence-electron chi connectivity index (χ3n) is 7.82. The van der Waals surface area contributed by atoms with Crippen LogP contribution in [0.25, 0.3) is 43.1 Å². The summed E-state index contributed by atoms with van der Waals surface area (Å²) in [5, 5.41) is 11.6. The van der Waals surface area contributed by atoms with E-state index < -0.39 is 0 Å². The molecule has 0 saturated carbocycles. The van der Waals surface area contributed by atoms with Crippen LogP contribution in [0.3, 0.4) is 0 Å². The van der Waals surface area contributed by atoms with Gasteiger partial charge in [0.2, 0.25) is 0 Å². The van der Waals surface area contributed by atoms with E-state index in [-0.39, 0.29) is 11.9 Å². The molecule has 0 unspecified atom stereocenters. The molecule has 5 aromatic rings. The molecule has 0 aromatic heterocycles. The van der Waals surface area contributed by atoms with Crippen molar-refractivity contribution in [3.05, 3.63) is 71.4 Å². The molecule has 6 nitrogen and oxygen atoms in total. The topological polar surface area (TPSA) is 77.3 Å². The highest BCUT2D eigenvalue weighted by Gasteiger charge is 2.15. The van der Waals surface area contributed by atoms with Gasteiger partial charge in [0.1, 0.15) is 0 Å². The number of rotatable bonds is 14. The van der Waals surface area contributed by atoms with Crippen molar-refractivity contribution in [3.8, 4) is 0 Å². The van der Waals surface area contributed by atoms with Crippen molar-refractivity contribution in [3.63, 3.8) is 0 Å². The van der Waals surface area contributed by atoms with Crippen LogP contribution in [0.5, 0.6) is 0 Å². The summed E-state index contributed by atoms with van der Waals surface area (Å²) in [5.74, 6) is -0.257. The van der Waals surface area contributed by atoms with Crippen molar-refractivity contribution < 1.29 is 19.1 Å². The number of hydrogen-bond acceptors (Lipinski definition) is 6. The lowest BCUT2D eigenvalue weighted by Gasteiger charge is -2.15. The standard InChI is InChI=1S/C36H40N2O4/c1-3-41-31(39)20-7-5-9-22-37-30-24-26-16-13-18-28-27-17-11-14-25-15-12-19-29(33(25)27)35(34(26)28)36(30)38-23-10-6-8-21-32(40)42-4-2/h11-19,24H,3-10,20-23H2,1-2H3. The van der Waals surface area contributed by atoms with Crippen molar-refractivity contribution in [2.45, 2.75) is 65.2 Å². The van der Waals surface area contributed by atoms with Gasteiger partial charge in [-0.2, -0.15) is 0 Å². The van der Waals surface area contributed by atoms with Crippen LogP contribution in [0.15, 0.2) is 70.6 Å². The predicted octanol–water partition coefficient (Wildman–Crippen LogP) is 7.22. The third kappa shape index (κ3) is 6.53. The Labute approximate surface area is 246 Å². The Hall–Kier alpha value is -4.06. The average molecular weight is 565 g/mol. The molecule has 6 heteroatoms. The van der Waals surface area contributed by atoms with Crippen molar-refractivity contribution in [1.29, 1.82) is 0 Å². The van der Waals surface area contributed by atoms with E-state index >= 15 is 0 Å². The van der Waals surface area contributed by atoms with Crippen molar-refractivity contribution in [2.24, 2.45) is 9.98 Å². The van der Waals surface area contributed by atoms with Gasteiger partial charge in [-0.15, -0.1) is 0 Å². The first-order valence-corrected chi connectivity index (χ1v) is 15.4. The summed E-state index contributed by atoms with van der Waals surface area (Å²) < 4.78 is 10.1. The molecule has 0 fully saturated rings. The molecule has 0 aliphatic carbocycles. The van der Waals surface area contributed by atoms with Gasteiger partial charge in [0.15, 0.2) is 0 Å². The first-order valence-electron chi connectivity index (χ1n) is 15.4. The number of unbranched alkanes of at least 4 members (excludes halogenated alkanes) is 4. The molecule has 0 heterocycles. The summed E-state index contributed by atoms with van der Waals surface area (Å²) in [7, 11) is 0. The fourth-order valence-electron chi connectivity index (χ4n) is 5.95. The quantitative estimate of drug-likeness (QED) is 0.0617. The minimum atomic E-state index is -0.129. The summed E-state index contributed by atoms with van der Waals surface area (Å²) in [6, 6.07) is 21.8. The molecule has 0 N–H and O–H groups in total. The van der Waals surface area contributed by atoms with Crippen molar-refractivity contribution >= 4 is 55.0 Å². The normalized spacial score (nSPS) is 12.7. The van der Waals surface area contributed by atoms with Gasteiger partial charge >= 0.3 is 11.9 Å². The smallest absolute Gasteiger partial charge is 0.305 e. The monoisotopic (exact) mass is 564 g/mol. The Bertz CT molecular complexity index is 1810. The molecule has 0 saturated heterocycles. The average Bonchev–Trinajstić information content (AvgIpc) is 2.99. The van der Waals surface area contributed by atoms with Crippen LogP contribution in [0.2, 0.25) is 0 Å². The van der Waals surface area contributed by atoms with E-state index in [1.54, 1.807) is 0 Å². The fraction of sp³-hybridized carbons (Fsp3) is 0.389. The number of benzene rings is 5. The molecule has 42 heavy (non-hydrogen) atoms. The minimum Gasteiger partial charge on any atom is -0.466 e. The summed E-state index contributed by atoms with van der Waals surface area (Å²) in [6.45, 7) is 5.87. The number of hydrogen-bond donors (Lipinski definition) is 0. The molecule has 5 aromatic carbocycles. The first-order chi connectivity index (χ1) is 20.6. The van der Waals surface area contributed by atoms with E-state index in [1.807, 2.05) is 13.8 Å². The first kappa shape index (κ1) is 29.4. The van der Waals surface area contributed by atoms with Gasteiger partial charge in [0.05, 0.1) is 23.9 Å². The van der Waals surface area contributed by atoms with Crippen LogP contribution in [-0.4, -0.2) is 38.2 Å². The van der Waals surface area contributed by atoms with E-state index in [0.717, 1.165) is 49.2 Å². The van der Waals surface area contributed by atoms with Gasteiger partial charge < -0.3 is 9.47 Å². The molecule has 0 radical (unpaired) electrons. The number of esters is 2. The van der Waals surface area contributed by atoms with Crippen LogP contribution in [0, 0.1) is 0 Å². The maximum Gasteiger partial charge on any atom is 0.305 e. The lowest BCUT2D eigenvalue weighted by atomic mass is 9.89. The summed E-state index contributed by atoms with van der Waals surface area (Å²) in [5.41, 5.74) is 0. The number of nitrogens with zero attached hydrogens (tertiary/aromatic N) is 2. The number of ether oxygens (including phenoxy) is 2. The second kappa shape index (κ2) is 14.2.